The molecular weight excluding hydrogens is 440 g/mol. The number of benzene rings is 1. The van der Waals surface area contributed by atoms with Gasteiger partial charge in [-0.05, 0) is 11.1 Å². The molecule has 162 valence electrons. The number of nitrogens with one attached hydrogen (secondary N) is 2. The number of aliphatic carboxylic acids is 1. The van der Waals surface area contributed by atoms with Gasteiger partial charge in [0.1, 0.15) is 23.2 Å². The molecule has 3 heterocycles. The molecule has 0 bridgehead atoms. The van der Waals surface area contributed by atoms with Crippen LogP contribution in [0.15, 0.2) is 47.8 Å². The van der Waals surface area contributed by atoms with Gasteiger partial charge < -0.3 is 16.2 Å². The average molecular weight is 461 g/mol. The molecule has 5 N–H and O–H groups in total. The fraction of sp³-hybridized carbons (Fsp3) is 0.316. The van der Waals surface area contributed by atoms with Gasteiger partial charge in [0, 0.05) is 17.3 Å². The molecule has 0 saturated carbocycles. The van der Waals surface area contributed by atoms with Gasteiger partial charge in [-0.25, -0.2) is 4.79 Å². The smallest absolute Gasteiger partial charge is 0.352 e. The van der Waals surface area contributed by atoms with Crippen LogP contribution < -0.4 is 11.1 Å². The van der Waals surface area contributed by atoms with Gasteiger partial charge in [-0.2, -0.15) is 27.2 Å². The first-order valence-corrected chi connectivity index (χ1v) is 11.6. The van der Waals surface area contributed by atoms with Crippen molar-refractivity contribution in [1.29, 1.82) is 0 Å². The van der Waals surface area contributed by atoms with E-state index in [4.69, 9.17) is 5.73 Å². The molecule has 2 aliphatic heterocycles. The minimum Gasteiger partial charge on any atom is -0.477 e. The molecule has 1 saturated heterocycles. The largest absolute Gasteiger partial charge is 0.477 e. The molecule has 3 atom stereocenters. The van der Waals surface area contributed by atoms with Crippen molar-refractivity contribution < 1.29 is 19.5 Å². The number of carbonyl (C=O) groups excluding carboxylic acids is 2. The van der Waals surface area contributed by atoms with Crippen molar-refractivity contribution in [3.8, 4) is 0 Å². The van der Waals surface area contributed by atoms with Gasteiger partial charge >= 0.3 is 5.97 Å². The lowest BCUT2D eigenvalue weighted by molar-refractivity contribution is -0.150. The van der Waals surface area contributed by atoms with Crippen LogP contribution in [0.3, 0.4) is 0 Å². The van der Waals surface area contributed by atoms with Crippen molar-refractivity contribution in [3.63, 3.8) is 0 Å². The van der Waals surface area contributed by atoms with E-state index in [1.54, 1.807) is 30.5 Å². The molecule has 10 nitrogen and oxygen atoms in total. The molecule has 0 aliphatic carbocycles. The van der Waals surface area contributed by atoms with Crippen LogP contribution in [0.2, 0.25) is 0 Å². The molecule has 1 aromatic heterocycles. The summed E-state index contributed by atoms with van der Waals surface area (Å²) in [5.74, 6) is -0.582. The van der Waals surface area contributed by atoms with Gasteiger partial charge in [-0.1, -0.05) is 30.3 Å². The highest BCUT2D eigenvalue weighted by atomic mass is 32.2. The minimum absolute atomic E-state index is 0.000686. The van der Waals surface area contributed by atoms with Gasteiger partial charge in [0.15, 0.2) is 0 Å². The molecule has 2 aromatic rings. The lowest BCUT2D eigenvalue weighted by atomic mass is 10.0. The summed E-state index contributed by atoms with van der Waals surface area (Å²) in [5.41, 5.74) is 8.08. The van der Waals surface area contributed by atoms with E-state index in [-0.39, 0.29) is 5.70 Å². The number of fused-ring (bicyclic) bond motifs is 1. The first-order valence-electron chi connectivity index (χ1n) is 9.40. The number of nitrogens with two attached hydrogens (primary N) is 1. The predicted molar refractivity (Wildman–Crippen MR) is 116 cm³/mol. The highest BCUT2D eigenvalue weighted by Crippen LogP contribution is 2.41. The third kappa shape index (κ3) is 4.31. The second kappa shape index (κ2) is 9.12. The Morgan fingerprint density at radius 3 is 2.81 bits per heavy atom. The first kappa shape index (κ1) is 21.4. The normalized spacial score (nSPS) is 21.3. The van der Waals surface area contributed by atoms with Gasteiger partial charge in [0.25, 0.3) is 5.91 Å². The number of β-lactam (4-membered cyclic amide) rings is 1. The number of thioether (sulfide) groups is 2. The number of aromatic nitrogens is 3. The topological polar surface area (TPSA) is 154 Å². The SMILES string of the molecule is N[C@@H](C(=O)N[C@@H]1C(=O)N2C(C(=O)O)=C(CSCc3cn[nH]n3)CS[C@H]12)c1ccccc1. The Kier molecular flexibility index (Phi) is 6.30. The fourth-order valence-electron chi connectivity index (χ4n) is 3.42. The summed E-state index contributed by atoms with van der Waals surface area (Å²) < 4.78 is 0. The van der Waals surface area contributed by atoms with Crippen molar-refractivity contribution in [2.24, 2.45) is 5.73 Å². The molecular formula is C19H20N6O4S2. The zero-order chi connectivity index (χ0) is 22.0. The lowest BCUT2D eigenvalue weighted by Gasteiger charge is -2.49. The number of H-pyrrole nitrogens is 1. The van der Waals surface area contributed by atoms with E-state index in [9.17, 15) is 19.5 Å². The molecule has 0 radical (unpaired) electrons. The predicted octanol–water partition coefficient (Wildman–Crippen LogP) is 0.477. The van der Waals surface area contributed by atoms with E-state index in [0.29, 0.717) is 28.4 Å². The molecule has 2 aliphatic rings. The Morgan fingerprint density at radius 2 is 2.13 bits per heavy atom. The number of nitrogens with zero attached hydrogens (tertiary/aromatic N) is 3. The van der Waals surface area contributed by atoms with E-state index in [0.717, 1.165) is 5.69 Å². The molecule has 12 heteroatoms. The highest BCUT2D eigenvalue weighted by Gasteiger charge is 2.54. The summed E-state index contributed by atoms with van der Waals surface area (Å²) in [6.07, 6.45) is 1.61. The quantitative estimate of drug-likeness (QED) is 0.412. The Labute approximate surface area is 186 Å². The summed E-state index contributed by atoms with van der Waals surface area (Å²) in [4.78, 5) is 38.5. The molecule has 0 unspecified atom stereocenters. The summed E-state index contributed by atoms with van der Waals surface area (Å²) in [6, 6.07) is 7.15. The number of hydrogen-bond donors (Lipinski definition) is 4. The maximum Gasteiger partial charge on any atom is 0.352 e. The van der Waals surface area contributed by atoms with Crippen molar-refractivity contribution in [1.82, 2.24) is 25.6 Å². The molecule has 1 aromatic carbocycles. The molecule has 1 fully saturated rings. The fourth-order valence-corrected chi connectivity index (χ4v) is 5.83. The molecule has 2 amide bonds. The number of amides is 2. The monoisotopic (exact) mass is 460 g/mol. The van der Waals surface area contributed by atoms with Crippen molar-refractivity contribution in [3.05, 3.63) is 59.1 Å². The van der Waals surface area contributed by atoms with Crippen LogP contribution in [0.25, 0.3) is 0 Å². The van der Waals surface area contributed by atoms with E-state index in [2.05, 4.69) is 20.7 Å². The van der Waals surface area contributed by atoms with E-state index in [1.165, 1.54) is 28.4 Å². The van der Waals surface area contributed by atoms with Crippen LogP contribution in [0.1, 0.15) is 17.3 Å². The Balaban J connectivity index is 1.42. The van der Waals surface area contributed by atoms with Crippen LogP contribution in [-0.2, 0) is 20.1 Å². The number of aromatic amines is 1. The zero-order valence-corrected chi connectivity index (χ0v) is 17.9. The maximum atomic E-state index is 12.7. The highest BCUT2D eigenvalue weighted by molar-refractivity contribution is 8.00. The average Bonchev–Trinajstić information content (AvgIpc) is 3.30. The van der Waals surface area contributed by atoms with Crippen molar-refractivity contribution >= 4 is 41.3 Å². The number of rotatable bonds is 8. The summed E-state index contributed by atoms with van der Waals surface area (Å²) >= 11 is 2.93. The Hall–Kier alpha value is -2.83. The van der Waals surface area contributed by atoms with Gasteiger partial charge in [-0.3, -0.25) is 14.5 Å². The standard InChI is InChI=1S/C19H20N6O4S2/c20-13(10-4-2-1-3-5-10)16(26)22-14-17(27)25-15(19(28)29)11(8-31-18(14)25)7-30-9-12-6-21-24-23-12/h1-6,13-14,18H,7-9,20H2,(H,22,26)(H,28,29)(H,21,23,24)/t13-,14-,18-/m1/s1. The number of carboxylic acids is 1. The summed E-state index contributed by atoms with van der Waals surface area (Å²) in [6.45, 7) is 0. The third-order valence-electron chi connectivity index (χ3n) is 4.98. The Morgan fingerprint density at radius 1 is 1.35 bits per heavy atom. The van der Waals surface area contributed by atoms with Gasteiger partial charge in [0.2, 0.25) is 5.91 Å². The third-order valence-corrected chi connectivity index (χ3v) is 7.37. The lowest BCUT2D eigenvalue weighted by Crippen LogP contribution is -2.71. The zero-order valence-electron chi connectivity index (χ0n) is 16.2. The van der Waals surface area contributed by atoms with Crippen LogP contribution in [-0.4, -0.2) is 66.1 Å². The van der Waals surface area contributed by atoms with E-state index in [1.807, 2.05) is 6.07 Å². The number of hydrogen-bond acceptors (Lipinski definition) is 8. The Bertz CT molecular complexity index is 1010. The second-order valence-electron chi connectivity index (χ2n) is 7.00. The first-order chi connectivity index (χ1) is 15.0. The molecule has 0 spiro atoms. The van der Waals surface area contributed by atoms with Crippen LogP contribution in [0, 0.1) is 0 Å². The number of carboxylic acid groups (broad SMARTS) is 1. The molecule has 31 heavy (non-hydrogen) atoms. The van der Waals surface area contributed by atoms with Gasteiger partial charge in [0.05, 0.1) is 11.9 Å². The van der Waals surface area contributed by atoms with Crippen LogP contribution in [0.4, 0.5) is 0 Å². The number of carbonyl (C=O) groups is 3. The van der Waals surface area contributed by atoms with Crippen molar-refractivity contribution in [2.75, 3.05) is 11.5 Å². The summed E-state index contributed by atoms with van der Waals surface area (Å²) in [7, 11) is 0. The van der Waals surface area contributed by atoms with E-state index >= 15 is 0 Å². The van der Waals surface area contributed by atoms with Crippen LogP contribution >= 0.6 is 23.5 Å². The van der Waals surface area contributed by atoms with E-state index < -0.39 is 35.2 Å². The summed E-state index contributed by atoms with van der Waals surface area (Å²) in [5, 5.41) is 22.2. The second-order valence-corrected chi connectivity index (χ2v) is 9.09. The minimum atomic E-state index is -1.15. The molecule has 4 rings (SSSR count). The van der Waals surface area contributed by atoms with Crippen LogP contribution in [0.5, 0.6) is 0 Å². The maximum absolute atomic E-state index is 12.7. The van der Waals surface area contributed by atoms with Crippen molar-refractivity contribution in [2.45, 2.75) is 23.2 Å². The van der Waals surface area contributed by atoms with Gasteiger partial charge in [-0.15, -0.1) is 11.8 Å².